The lowest BCUT2D eigenvalue weighted by atomic mass is 10.0. The molecule has 0 spiro atoms. The molecule has 2 heterocycles. The SMILES string of the molecule is Cc1noc(C)c1NC(=O)N(C)C[C@@H]1OCCCC[C@@H](C)Oc2ccc(NS(=O)(=O)c3ccc(Cl)cc3)cc2C(=O)N([C@H](C)CO)C[C@H]1C. The topological polar surface area (TPSA) is 164 Å². The van der Waals surface area contributed by atoms with E-state index in [-0.39, 0.29) is 53.9 Å². The monoisotopic (exact) mass is 719 g/mol. The van der Waals surface area contributed by atoms with Crippen LogP contribution in [-0.2, 0) is 14.8 Å². The van der Waals surface area contributed by atoms with E-state index >= 15 is 0 Å². The molecule has 0 fully saturated rings. The number of aryl methyl sites for hydroxylation is 2. The molecule has 0 saturated carbocycles. The summed E-state index contributed by atoms with van der Waals surface area (Å²) in [6, 6.07) is 9.35. The maximum Gasteiger partial charge on any atom is 0.321 e. The van der Waals surface area contributed by atoms with Crippen LogP contribution in [-0.4, -0.2) is 92.0 Å². The summed E-state index contributed by atoms with van der Waals surface area (Å²) in [5.74, 6) is 0.0530. The second-order valence-electron chi connectivity index (χ2n) is 12.6. The molecular weight excluding hydrogens is 674 g/mol. The van der Waals surface area contributed by atoms with Crippen molar-refractivity contribution in [3.05, 3.63) is 64.5 Å². The van der Waals surface area contributed by atoms with Gasteiger partial charge in [0.15, 0.2) is 5.76 Å². The van der Waals surface area contributed by atoms with E-state index in [0.717, 1.165) is 12.8 Å². The van der Waals surface area contributed by atoms with Crippen molar-refractivity contribution in [3.63, 3.8) is 0 Å². The molecule has 1 aromatic heterocycles. The first-order chi connectivity index (χ1) is 23.2. The normalized spacial score (nSPS) is 20.0. The molecule has 0 radical (unpaired) electrons. The zero-order chi connectivity index (χ0) is 35.9. The molecule has 268 valence electrons. The van der Waals surface area contributed by atoms with Crippen molar-refractivity contribution in [1.29, 1.82) is 0 Å². The van der Waals surface area contributed by atoms with E-state index in [4.69, 9.17) is 25.6 Å². The Bertz CT molecular complexity index is 1680. The number of aliphatic hydroxyl groups excluding tert-OH is 1. The maximum atomic E-state index is 14.4. The third kappa shape index (κ3) is 9.87. The fraction of sp³-hybridized carbons (Fsp3) is 0.500. The number of urea groups is 1. The Hall–Kier alpha value is -3.85. The number of anilines is 2. The largest absolute Gasteiger partial charge is 0.490 e. The molecule has 13 nitrogen and oxygen atoms in total. The number of likely N-dealkylation sites (N-methyl/N-ethyl adjacent to an activating group) is 1. The number of nitrogens with zero attached hydrogens (tertiary/aromatic N) is 3. The highest BCUT2D eigenvalue weighted by atomic mass is 35.5. The molecular formula is C34H46ClN5O8S. The van der Waals surface area contributed by atoms with Crippen molar-refractivity contribution in [1.82, 2.24) is 15.0 Å². The molecule has 1 aliphatic heterocycles. The van der Waals surface area contributed by atoms with Gasteiger partial charge in [0.1, 0.15) is 17.1 Å². The minimum absolute atomic E-state index is 0.00827. The van der Waals surface area contributed by atoms with Gasteiger partial charge in [0.25, 0.3) is 15.9 Å². The molecule has 0 aliphatic carbocycles. The van der Waals surface area contributed by atoms with E-state index in [1.54, 1.807) is 40.0 Å². The van der Waals surface area contributed by atoms with Crippen molar-refractivity contribution >= 4 is 44.9 Å². The first-order valence-corrected chi connectivity index (χ1v) is 18.1. The number of amides is 3. The Kier molecular flexibility index (Phi) is 12.9. The van der Waals surface area contributed by atoms with E-state index < -0.39 is 28.1 Å². The summed E-state index contributed by atoms with van der Waals surface area (Å²) in [6.07, 6.45) is 1.50. The average Bonchev–Trinajstić information content (AvgIpc) is 3.38. The maximum absolute atomic E-state index is 14.4. The van der Waals surface area contributed by atoms with Gasteiger partial charge in [0, 0.05) is 43.4 Å². The molecule has 2 aromatic carbocycles. The molecule has 3 amide bonds. The van der Waals surface area contributed by atoms with Gasteiger partial charge in [0.2, 0.25) is 0 Å². The Labute approximate surface area is 292 Å². The van der Waals surface area contributed by atoms with Gasteiger partial charge < -0.3 is 34.2 Å². The van der Waals surface area contributed by atoms with Gasteiger partial charge in [0.05, 0.1) is 35.3 Å². The van der Waals surface area contributed by atoms with Crippen LogP contribution in [0.1, 0.15) is 61.8 Å². The number of aromatic nitrogens is 1. The van der Waals surface area contributed by atoms with Crippen LogP contribution < -0.4 is 14.8 Å². The van der Waals surface area contributed by atoms with Crippen molar-refractivity contribution in [2.24, 2.45) is 5.92 Å². The van der Waals surface area contributed by atoms with Crippen LogP contribution in [0.5, 0.6) is 5.75 Å². The lowest BCUT2D eigenvalue weighted by Crippen LogP contribution is -2.48. The van der Waals surface area contributed by atoms with Crippen molar-refractivity contribution in [2.75, 3.05) is 43.4 Å². The summed E-state index contributed by atoms with van der Waals surface area (Å²) in [6.45, 7) is 9.53. The van der Waals surface area contributed by atoms with Gasteiger partial charge in [-0.05, 0) is 89.4 Å². The predicted octanol–water partition coefficient (Wildman–Crippen LogP) is 5.71. The third-order valence-corrected chi connectivity index (χ3v) is 10.1. The summed E-state index contributed by atoms with van der Waals surface area (Å²) >= 11 is 5.95. The Morgan fingerprint density at radius 3 is 2.53 bits per heavy atom. The molecule has 3 aromatic rings. The van der Waals surface area contributed by atoms with Gasteiger partial charge >= 0.3 is 6.03 Å². The quantitative estimate of drug-likeness (QED) is 0.265. The van der Waals surface area contributed by atoms with Crippen LogP contribution >= 0.6 is 11.6 Å². The number of carbonyl (C=O) groups excluding carboxylic acids is 2. The standard InChI is InChI=1S/C34H46ClN5O8S/c1-21-18-40(22(2)20-41)33(42)29-17-27(38-49(44,45)28-13-10-26(35)11-14-28)12-15-30(29)47-23(3)9-7-8-16-46-31(21)19-39(6)34(43)36-32-24(4)37-48-25(32)5/h10-15,17,21-23,31,38,41H,7-9,16,18-20H2,1-6H3,(H,36,43)/t21-,22-,23-,31+/m1/s1. The van der Waals surface area contributed by atoms with E-state index in [2.05, 4.69) is 15.2 Å². The Morgan fingerprint density at radius 1 is 1.16 bits per heavy atom. The second-order valence-corrected chi connectivity index (χ2v) is 14.7. The highest BCUT2D eigenvalue weighted by molar-refractivity contribution is 7.92. The number of sulfonamides is 1. The molecule has 4 atom stereocenters. The smallest absolute Gasteiger partial charge is 0.321 e. The van der Waals surface area contributed by atoms with Crippen molar-refractivity contribution in [2.45, 2.75) is 77.0 Å². The molecule has 0 unspecified atom stereocenters. The molecule has 0 bridgehead atoms. The fourth-order valence-corrected chi connectivity index (χ4v) is 6.67. The Balaban J connectivity index is 1.63. The van der Waals surface area contributed by atoms with Crippen LogP contribution in [0.4, 0.5) is 16.2 Å². The second kappa shape index (κ2) is 16.7. The number of benzene rings is 2. The lowest BCUT2D eigenvalue weighted by molar-refractivity contribution is -0.0115. The number of hydrogen-bond donors (Lipinski definition) is 3. The minimum Gasteiger partial charge on any atom is -0.490 e. The molecule has 1 aliphatic rings. The number of fused-ring (bicyclic) bond motifs is 1. The van der Waals surface area contributed by atoms with Gasteiger partial charge in [-0.3, -0.25) is 9.52 Å². The number of ether oxygens (including phenoxy) is 2. The summed E-state index contributed by atoms with van der Waals surface area (Å²) in [7, 11) is -2.34. The van der Waals surface area contributed by atoms with Crippen LogP contribution in [0.2, 0.25) is 5.02 Å². The van der Waals surface area contributed by atoms with Crippen molar-refractivity contribution in [3.8, 4) is 5.75 Å². The minimum atomic E-state index is -4.00. The van der Waals surface area contributed by atoms with Gasteiger partial charge in [-0.1, -0.05) is 23.7 Å². The van der Waals surface area contributed by atoms with Gasteiger partial charge in [-0.25, -0.2) is 13.2 Å². The number of hydrogen-bond acceptors (Lipinski definition) is 9. The summed E-state index contributed by atoms with van der Waals surface area (Å²) in [4.78, 5) is 30.6. The number of nitrogens with one attached hydrogen (secondary N) is 2. The van der Waals surface area contributed by atoms with Crippen molar-refractivity contribution < 1.29 is 37.1 Å². The van der Waals surface area contributed by atoms with E-state index in [1.165, 1.54) is 40.1 Å². The Morgan fingerprint density at radius 2 is 1.88 bits per heavy atom. The van der Waals surface area contributed by atoms with Crippen LogP contribution in [0.3, 0.4) is 0 Å². The fourth-order valence-electron chi connectivity index (χ4n) is 5.49. The number of halogens is 1. The van der Waals surface area contributed by atoms with Crippen LogP contribution in [0.15, 0.2) is 51.9 Å². The van der Waals surface area contributed by atoms with Gasteiger partial charge in [-0.2, -0.15) is 0 Å². The zero-order valence-electron chi connectivity index (χ0n) is 28.7. The zero-order valence-corrected chi connectivity index (χ0v) is 30.3. The van der Waals surface area contributed by atoms with Gasteiger partial charge in [-0.15, -0.1) is 0 Å². The van der Waals surface area contributed by atoms with E-state index in [1.807, 2.05) is 13.8 Å². The highest BCUT2D eigenvalue weighted by Gasteiger charge is 2.31. The third-order valence-electron chi connectivity index (χ3n) is 8.49. The average molecular weight is 720 g/mol. The first kappa shape index (κ1) is 38.0. The van der Waals surface area contributed by atoms with Crippen LogP contribution in [0.25, 0.3) is 0 Å². The number of aliphatic hydroxyl groups is 1. The molecule has 15 heteroatoms. The highest BCUT2D eigenvalue weighted by Crippen LogP contribution is 2.30. The lowest BCUT2D eigenvalue weighted by Gasteiger charge is -2.35. The summed E-state index contributed by atoms with van der Waals surface area (Å²) in [5, 5.41) is 17.4. The summed E-state index contributed by atoms with van der Waals surface area (Å²) in [5.41, 5.74) is 1.38. The molecule has 49 heavy (non-hydrogen) atoms. The van der Waals surface area contributed by atoms with Crippen LogP contribution in [0, 0.1) is 19.8 Å². The first-order valence-electron chi connectivity index (χ1n) is 16.3. The predicted molar refractivity (Wildman–Crippen MR) is 187 cm³/mol. The summed E-state index contributed by atoms with van der Waals surface area (Å²) < 4.78 is 46.7. The molecule has 4 rings (SSSR count). The van der Waals surface area contributed by atoms with E-state index in [9.17, 15) is 23.1 Å². The molecule has 3 N–H and O–H groups in total. The number of rotatable bonds is 8. The number of carbonyl (C=O) groups is 2. The van der Waals surface area contributed by atoms with E-state index in [0.29, 0.717) is 40.9 Å². The molecule has 0 saturated heterocycles.